The maximum Gasteiger partial charge on any atom is 0.154 e. The van der Waals surface area contributed by atoms with Crippen molar-refractivity contribution in [3.63, 3.8) is 0 Å². The first kappa shape index (κ1) is 10.1. The summed E-state index contributed by atoms with van der Waals surface area (Å²) in [7, 11) is 0. The van der Waals surface area contributed by atoms with Crippen molar-refractivity contribution in [3.8, 4) is 0 Å². The van der Waals surface area contributed by atoms with E-state index in [4.69, 9.17) is 5.73 Å². The van der Waals surface area contributed by atoms with Crippen LogP contribution in [-0.2, 0) is 5.67 Å². The van der Waals surface area contributed by atoms with Crippen LogP contribution in [-0.4, -0.2) is 10.4 Å². The van der Waals surface area contributed by atoms with E-state index in [1.807, 2.05) is 26.8 Å². The number of aryl methyl sites for hydroxylation is 1. The first-order valence-corrected chi connectivity index (χ1v) is 5.53. The number of hydrogen-bond acceptors (Lipinski definition) is 3. The molecule has 0 bridgehead atoms. The smallest absolute Gasteiger partial charge is 0.154 e. The van der Waals surface area contributed by atoms with Gasteiger partial charge in [0.05, 0.1) is 10.6 Å². The quantitative estimate of drug-likeness (QED) is 0.779. The third-order valence-corrected chi connectivity index (χ3v) is 4.49. The third kappa shape index (κ3) is 1.07. The van der Waals surface area contributed by atoms with Crippen molar-refractivity contribution in [1.29, 1.82) is 0 Å². The maximum absolute atomic E-state index is 14.6. The molecule has 2 nitrogen and oxygen atoms in total. The molecule has 78 valence electrons. The zero-order chi connectivity index (χ0) is 10.6. The molecule has 1 aromatic rings. The number of aromatic nitrogens is 1. The molecule has 0 aromatic carbocycles. The fourth-order valence-electron chi connectivity index (χ4n) is 1.95. The summed E-state index contributed by atoms with van der Waals surface area (Å²) < 4.78 is 18.7. The van der Waals surface area contributed by atoms with Crippen molar-refractivity contribution in [3.05, 3.63) is 16.6 Å². The molecule has 0 radical (unpaired) electrons. The summed E-state index contributed by atoms with van der Waals surface area (Å²) in [6, 6.07) is 1.79. The Hall–Kier alpha value is -0.480. The minimum atomic E-state index is -1.27. The molecule has 2 N–H and O–H groups in total. The van der Waals surface area contributed by atoms with E-state index >= 15 is 0 Å². The van der Waals surface area contributed by atoms with Gasteiger partial charge in [0, 0.05) is 17.9 Å². The SMILES string of the molecule is Cc1cc(C2(F)CC(N)C2(C)C)sn1. The Balaban J connectivity index is 2.36. The molecule has 0 amide bonds. The standard InChI is InChI=1S/C10H15FN2S/c1-6-4-8(14-13-6)10(11)5-7(12)9(10,2)3/h4,7H,5,12H2,1-3H3. The van der Waals surface area contributed by atoms with Crippen LogP contribution < -0.4 is 5.73 Å². The lowest BCUT2D eigenvalue weighted by Gasteiger charge is -2.54. The van der Waals surface area contributed by atoms with E-state index in [-0.39, 0.29) is 6.04 Å². The van der Waals surface area contributed by atoms with Gasteiger partial charge in [0.15, 0.2) is 5.67 Å². The zero-order valence-corrected chi connectivity index (χ0v) is 9.49. The van der Waals surface area contributed by atoms with Crippen LogP contribution in [0.3, 0.4) is 0 Å². The molecule has 0 saturated heterocycles. The molecule has 14 heavy (non-hydrogen) atoms. The molecule has 1 fully saturated rings. The lowest BCUT2D eigenvalue weighted by molar-refractivity contribution is -0.105. The van der Waals surface area contributed by atoms with E-state index in [0.717, 1.165) is 10.6 Å². The summed E-state index contributed by atoms with van der Waals surface area (Å²) in [4.78, 5) is 0.724. The minimum Gasteiger partial charge on any atom is -0.327 e. The summed E-state index contributed by atoms with van der Waals surface area (Å²) in [5.41, 5.74) is 4.98. The van der Waals surface area contributed by atoms with E-state index in [1.54, 1.807) is 0 Å². The number of halogens is 1. The van der Waals surface area contributed by atoms with Gasteiger partial charge in [-0.05, 0) is 24.5 Å². The zero-order valence-electron chi connectivity index (χ0n) is 8.67. The highest BCUT2D eigenvalue weighted by Crippen LogP contribution is 2.58. The number of alkyl halides is 1. The molecule has 2 atom stereocenters. The van der Waals surface area contributed by atoms with Crippen LogP contribution in [0.2, 0.25) is 0 Å². The first-order chi connectivity index (χ1) is 6.38. The van der Waals surface area contributed by atoms with Crippen LogP contribution in [0.25, 0.3) is 0 Å². The summed E-state index contributed by atoms with van der Waals surface area (Å²) in [5.74, 6) is 0. The summed E-state index contributed by atoms with van der Waals surface area (Å²) in [5, 5.41) is 0. The molecule has 1 aliphatic rings. The average Bonchev–Trinajstić information content (AvgIpc) is 2.52. The van der Waals surface area contributed by atoms with E-state index in [1.165, 1.54) is 11.5 Å². The van der Waals surface area contributed by atoms with Crippen molar-refractivity contribution in [2.45, 2.75) is 38.9 Å². The number of nitrogens with two attached hydrogens (primary N) is 1. The Labute approximate surface area is 87.5 Å². The molecule has 1 heterocycles. The fraction of sp³-hybridized carbons (Fsp3) is 0.700. The van der Waals surface area contributed by atoms with Crippen molar-refractivity contribution in [1.82, 2.24) is 4.37 Å². The highest BCUT2D eigenvalue weighted by Gasteiger charge is 2.61. The molecule has 2 rings (SSSR count). The topological polar surface area (TPSA) is 38.9 Å². The summed E-state index contributed by atoms with van der Waals surface area (Å²) >= 11 is 1.26. The van der Waals surface area contributed by atoms with Gasteiger partial charge in [-0.2, -0.15) is 4.37 Å². The summed E-state index contributed by atoms with van der Waals surface area (Å²) in [6.07, 6.45) is 0.418. The van der Waals surface area contributed by atoms with Gasteiger partial charge in [0.1, 0.15) is 0 Å². The third-order valence-electron chi connectivity index (χ3n) is 3.47. The van der Waals surface area contributed by atoms with Crippen LogP contribution in [0.1, 0.15) is 30.8 Å². The molecule has 0 aliphatic heterocycles. The van der Waals surface area contributed by atoms with Gasteiger partial charge in [0.25, 0.3) is 0 Å². The molecular formula is C10H15FN2S. The molecule has 1 aliphatic carbocycles. The van der Waals surface area contributed by atoms with Crippen molar-refractivity contribution < 1.29 is 4.39 Å². The monoisotopic (exact) mass is 214 g/mol. The molecule has 1 aromatic heterocycles. The van der Waals surface area contributed by atoms with E-state index in [0.29, 0.717) is 6.42 Å². The molecule has 1 saturated carbocycles. The van der Waals surface area contributed by atoms with Crippen LogP contribution in [0, 0.1) is 12.3 Å². The van der Waals surface area contributed by atoms with Crippen molar-refractivity contribution in [2.75, 3.05) is 0 Å². The molecule has 0 spiro atoms. The lowest BCUT2D eigenvalue weighted by atomic mass is 9.56. The van der Waals surface area contributed by atoms with Gasteiger partial charge in [-0.3, -0.25) is 0 Å². The van der Waals surface area contributed by atoms with Gasteiger partial charge in [0.2, 0.25) is 0 Å². The normalized spacial score (nSPS) is 35.4. The van der Waals surface area contributed by atoms with E-state index in [9.17, 15) is 4.39 Å². The van der Waals surface area contributed by atoms with E-state index < -0.39 is 11.1 Å². The highest BCUT2D eigenvalue weighted by molar-refractivity contribution is 7.06. The largest absolute Gasteiger partial charge is 0.327 e. The van der Waals surface area contributed by atoms with Gasteiger partial charge in [-0.25, -0.2) is 4.39 Å². The van der Waals surface area contributed by atoms with Crippen LogP contribution in [0.5, 0.6) is 0 Å². The van der Waals surface area contributed by atoms with Crippen LogP contribution >= 0.6 is 11.5 Å². The second-order valence-electron chi connectivity index (χ2n) is 4.67. The lowest BCUT2D eigenvalue weighted by Crippen LogP contribution is -2.62. The van der Waals surface area contributed by atoms with Gasteiger partial charge in [-0.15, -0.1) is 0 Å². The van der Waals surface area contributed by atoms with Crippen LogP contribution in [0.15, 0.2) is 6.07 Å². The first-order valence-electron chi connectivity index (χ1n) is 4.76. The number of hydrogen-bond donors (Lipinski definition) is 1. The highest BCUT2D eigenvalue weighted by atomic mass is 32.1. The second kappa shape index (κ2) is 2.76. The number of nitrogens with zero attached hydrogens (tertiary/aromatic N) is 1. The van der Waals surface area contributed by atoms with Crippen molar-refractivity contribution >= 4 is 11.5 Å². The second-order valence-corrected chi connectivity index (χ2v) is 5.47. The molecule has 2 unspecified atom stereocenters. The van der Waals surface area contributed by atoms with Crippen LogP contribution in [0.4, 0.5) is 4.39 Å². The summed E-state index contributed by atoms with van der Waals surface area (Å²) in [6.45, 7) is 5.65. The molecule has 4 heteroatoms. The Kier molecular flexibility index (Phi) is 1.98. The average molecular weight is 214 g/mol. The maximum atomic E-state index is 14.6. The van der Waals surface area contributed by atoms with Gasteiger partial charge in [-0.1, -0.05) is 13.8 Å². The van der Waals surface area contributed by atoms with E-state index in [2.05, 4.69) is 4.37 Å². The van der Waals surface area contributed by atoms with Gasteiger partial charge < -0.3 is 5.73 Å². The van der Waals surface area contributed by atoms with Gasteiger partial charge >= 0.3 is 0 Å². The predicted octanol–water partition coefficient (Wildman–Crippen LogP) is 2.37. The number of rotatable bonds is 1. The fourth-order valence-corrected chi connectivity index (χ4v) is 2.96. The Morgan fingerprint density at radius 1 is 1.64 bits per heavy atom. The Morgan fingerprint density at radius 3 is 2.64 bits per heavy atom. The Morgan fingerprint density at radius 2 is 2.29 bits per heavy atom. The predicted molar refractivity (Wildman–Crippen MR) is 56.0 cm³/mol. The molecular weight excluding hydrogens is 199 g/mol. The minimum absolute atomic E-state index is 0.0464. The Bertz CT molecular complexity index is 361. The van der Waals surface area contributed by atoms with Crippen molar-refractivity contribution in [2.24, 2.45) is 11.1 Å².